The van der Waals surface area contributed by atoms with E-state index in [1.807, 2.05) is 0 Å². The van der Waals surface area contributed by atoms with Gasteiger partial charge in [0.1, 0.15) is 0 Å². The van der Waals surface area contributed by atoms with Crippen LogP contribution in [0.1, 0.15) is 89.0 Å². The summed E-state index contributed by atoms with van der Waals surface area (Å²) in [7, 11) is -0.247. The molecule has 0 bridgehead atoms. The molecule has 0 saturated heterocycles. The first kappa shape index (κ1) is 21.2. The fourth-order valence-corrected chi connectivity index (χ4v) is 12.1. The van der Waals surface area contributed by atoms with Crippen LogP contribution in [-0.4, -0.2) is 21.3 Å². The molecule has 1 aromatic carbocycles. The Morgan fingerprint density at radius 2 is 1.36 bits per heavy atom. The van der Waals surface area contributed by atoms with Gasteiger partial charge < -0.3 is 0 Å². The van der Waals surface area contributed by atoms with Crippen LogP contribution in [0.2, 0.25) is 0 Å². The van der Waals surface area contributed by atoms with Crippen LogP contribution in [0.5, 0.6) is 0 Å². The van der Waals surface area contributed by atoms with Crippen LogP contribution in [0.4, 0.5) is 0 Å². The summed E-state index contributed by atoms with van der Waals surface area (Å²) in [5.41, 5.74) is 4.32. The molecule has 0 aliphatic heterocycles. The van der Waals surface area contributed by atoms with E-state index < -0.39 is 0 Å². The van der Waals surface area contributed by atoms with Crippen molar-refractivity contribution in [2.75, 3.05) is 0 Å². The number of rotatable bonds is 4. The molecule has 2 unspecified atom stereocenters. The van der Waals surface area contributed by atoms with Gasteiger partial charge in [-0.2, -0.15) is 0 Å². The van der Waals surface area contributed by atoms with Crippen molar-refractivity contribution in [2.24, 2.45) is 0 Å². The lowest BCUT2D eigenvalue weighted by molar-refractivity contribution is 0.472. The van der Waals surface area contributed by atoms with E-state index in [-0.39, 0.29) is 17.9 Å². The number of benzene rings is 1. The predicted molar refractivity (Wildman–Crippen MR) is 127 cm³/mol. The lowest BCUT2D eigenvalue weighted by Gasteiger charge is -2.51. The average molecular weight is 437 g/mol. The molecule has 0 radical (unpaired) electrons. The van der Waals surface area contributed by atoms with Gasteiger partial charge in [-0.05, 0) is 67.4 Å². The number of alkyl halides is 2. The van der Waals surface area contributed by atoms with Gasteiger partial charge in [-0.1, -0.05) is 82.9 Å². The van der Waals surface area contributed by atoms with Gasteiger partial charge in [-0.15, -0.1) is 23.2 Å². The summed E-state index contributed by atoms with van der Waals surface area (Å²) in [6.07, 6.45) is 19.9. The van der Waals surface area contributed by atoms with E-state index in [9.17, 15) is 0 Å². The summed E-state index contributed by atoms with van der Waals surface area (Å²) in [5, 5.41) is 0.101. The van der Waals surface area contributed by atoms with Crippen molar-refractivity contribution in [1.29, 1.82) is 0 Å². The molecule has 3 saturated carbocycles. The molecule has 3 fully saturated rings. The van der Waals surface area contributed by atoms with Gasteiger partial charge in [0.15, 0.2) is 0 Å². The zero-order valence-corrected chi connectivity index (χ0v) is 19.5. The highest BCUT2D eigenvalue weighted by Gasteiger charge is 2.50. The molecule has 154 valence electrons. The van der Waals surface area contributed by atoms with Gasteiger partial charge in [-0.25, -0.2) is 0 Å². The normalized spacial score (nSPS) is 32.1. The third-order valence-electron chi connectivity index (χ3n) is 7.21. The lowest BCUT2D eigenvalue weighted by atomic mass is 9.91. The fourth-order valence-electron chi connectivity index (χ4n) is 5.86. The Labute approximate surface area is 183 Å². The molecule has 0 spiro atoms. The molecule has 0 N–H and O–H groups in total. The minimum Gasteiger partial charge on any atom is -0.118 e. The Morgan fingerprint density at radius 1 is 0.786 bits per heavy atom. The maximum absolute atomic E-state index is 7.79. The predicted octanol–water partition coefficient (Wildman–Crippen LogP) is 8.94. The highest BCUT2D eigenvalue weighted by Crippen LogP contribution is 2.71. The Bertz CT molecular complexity index is 628. The van der Waals surface area contributed by atoms with Crippen molar-refractivity contribution in [1.82, 2.24) is 0 Å². The molecule has 0 heterocycles. The minimum absolute atomic E-state index is 0.101. The standard InChI is InChI=1S/C25H35Cl2P/c26-24-17-10-18-25(27,23(24)19-20-11-4-1-5-12-20)28(21-13-6-2-7-14-21)22-15-8-3-9-16-22/h1,4-5,11-12,19,21-22,24H,2-3,6-10,13-18H2. The zero-order valence-electron chi connectivity index (χ0n) is 17.1. The maximum atomic E-state index is 7.79. The van der Waals surface area contributed by atoms with E-state index in [0.29, 0.717) is 0 Å². The Morgan fingerprint density at radius 3 is 1.93 bits per heavy atom. The number of hydrogen-bond donors (Lipinski definition) is 0. The molecule has 0 nitrogen and oxygen atoms in total. The summed E-state index contributed by atoms with van der Waals surface area (Å²) >= 11 is 14.8. The molecule has 3 aliphatic carbocycles. The molecule has 4 rings (SSSR count). The molecular weight excluding hydrogens is 402 g/mol. The topological polar surface area (TPSA) is 0 Å². The minimum atomic E-state index is -0.247. The first-order chi connectivity index (χ1) is 13.7. The highest BCUT2D eigenvalue weighted by molar-refractivity contribution is 7.63. The van der Waals surface area contributed by atoms with E-state index in [1.54, 1.807) is 0 Å². The lowest BCUT2D eigenvalue weighted by Crippen LogP contribution is -2.39. The van der Waals surface area contributed by atoms with Crippen molar-refractivity contribution in [3.63, 3.8) is 0 Å². The number of allylic oxidation sites excluding steroid dienone is 1. The number of hydrogen-bond acceptors (Lipinski definition) is 0. The van der Waals surface area contributed by atoms with Gasteiger partial charge in [0, 0.05) is 0 Å². The Kier molecular flexibility index (Phi) is 7.46. The highest BCUT2D eigenvalue weighted by atomic mass is 35.5. The molecule has 3 heteroatoms. The van der Waals surface area contributed by atoms with Gasteiger partial charge in [0.2, 0.25) is 0 Å². The molecule has 0 amide bonds. The average Bonchev–Trinajstić information content (AvgIpc) is 2.73. The van der Waals surface area contributed by atoms with E-state index in [0.717, 1.165) is 24.2 Å². The fraction of sp³-hybridized carbons (Fsp3) is 0.680. The maximum Gasteiger partial charge on any atom is 0.0869 e. The van der Waals surface area contributed by atoms with Crippen LogP contribution in [-0.2, 0) is 0 Å². The second-order valence-corrected chi connectivity index (χ2v) is 13.6. The van der Waals surface area contributed by atoms with E-state index in [2.05, 4.69) is 36.4 Å². The molecule has 28 heavy (non-hydrogen) atoms. The van der Waals surface area contributed by atoms with Gasteiger partial charge in [-0.3, -0.25) is 0 Å². The number of halogens is 2. The van der Waals surface area contributed by atoms with Crippen molar-refractivity contribution in [3.05, 3.63) is 41.5 Å². The smallest absolute Gasteiger partial charge is 0.0869 e. The SMILES string of the molecule is ClC1CCCC(Cl)(P(C2CCCCC2)C2CCCCC2)C1=Cc1ccccc1. The van der Waals surface area contributed by atoms with Gasteiger partial charge in [0.05, 0.1) is 9.99 Å². The second-order valence-electron chi connectivity index (χ2n) is 9.12. The van der Waals surface area contributed by atoms with Crippen molar-refractivity contribution in [2.45, 2.75) is 105 Å². The van der Waals surface area contributed by atoms with Crippen LogP contribution in [0.3, 0.4) is 0 Å². The largest absolute Gasteiger partial charge is 0.118 e. The molecule has 1 aromatic rings. The van der Waals surface area contributed by atoms with Crippen LogP contribution in [0.25, 0.3) is 6.08 Å². The summed E-state index contributed by atoms with van der Waals surface area (Å²) < 4.78 is -0.181. The molecule has 2 atom stereocenters. The molecule has 0 aromatic heterocycles. The van der Waals surface area contributed by atoms with Crippen molar-refractivity contribution >= 4 is 37.2 Å². The molecule has 3 aliphatic rings. The summed E-state index contributed by atoms with van der Waals surface area (Å²) in [5.74, 6) is 0. The van der Waals surface area contributed by atoms with Crippen LogP contribution < -0.4 is 0 Å². The second kappa shape index (κ2) is 9.85. The first-order valence-electron chi connectivity index (χ1n) is 11.6. The Hall–Kier alpha value is -0.0300. The van der Waals surface area contributed by atoms with E-state index in [4.69, 9.17) is 23.2 Å². The van der Waals surface area contributed by atoms with Crippen LogP contribution >= 0.6 is 31.1 Å². The van der Waals surface area contributed by atoms with Crippen molar-refractivity contribution < 1.29 is 0 Å². The summed E-state index contributed by atoms with van der Waals surface area (Å²) in [6.45, 7) is 0. The zero-order chi connectivity index (χ0) is 19.4. The quantitative estimate of drug-likeness (QED) is 0.326. The van der Waals surface area contributed by atoms with E-state index >= 15 is 0 Å². The van der Waals surface area contributed by atoms with Gasteiger partial charge in [0.25, 0.3) is 0 Å². The third-order valence-corrected chi connectivity index (χ3v) is 12.6. The summed E-state index contributed by atoms with van der Waals surface area (Å²) in [6, 6.07) is 10.7. The van der Waals surface area contributed by atoms with Gasteiger partial charge >= 0.3 is 0 Å². The van der Waals surface area contributed by atoms with E-state index in [1.165, 1.54) is 81.8 Å². The Balaban J connectivity index is 1.72. The first-order valence-corrected chi connectivity index (χ1v) is 13.9. The molecular formula is C25H35Cl2P. The van der Waals surface area contributed by atoms with Crippen LogP contribution in [0, 0.1) is 0 Å². The van der Waals surface area contributed by atoms with Crippen LogP contribution in [0.15, 0.2) is 35.9 Å². The summed E-state index contributed by atoms with van der Waals surface area (Å²) in [4.78, 5) is 0. The van der Waals surface area contributed by atoms with Crippen molar-refractivity contribution in [3.8, 4) is 0 Å². The monoisotopic (exact) mass is 436 g/mol. The third kappa shape index (κ3) is 4.66.